The number of halogens is 3. The molecule has 0 amide bonds. The van der Waals surface area contributed by atoms with Gasteiger partial charge in [0, 0.05) is 20.2 Å². The van der Waals surface area contributed by atoms with Crippen LogP contribution in [0.1, 0.15) is 0 Å². The predicted molar refractivity (Wildman–Crippen MR) is 73.9 cm³/mol. The van der Waals surface area contributed by atoms with Gasteiger partial charge in [0.1, 0.15) is 0 Å². The van der Waals surface area contributed by atoms with Gasteiger partial charge < -0.3 is 5.32 Å². The molecule has 0 heterocycles. The number of hydrogen-bond donors (Lipinski definition) is 1. The van der Waals surface area contributed by atoms with E-state index in [0.29, 0.717) is 5.02 Å². The summed E-state index contributed by atoms with van der Waals surface area (Å²) in [6.45, 7) is 0. The molecule has 16 heavy (non-hydrogen) atoms. The molecule has 0 unspecified atom stereocenters. The Balaban J connectivity index is 2.23. The molecule has 2 rings (SSSR count). The van der Waals surface area contributed by atoms with Gasteiger partial charge in [-0.05, 0) is 58.4 Å². The largest absolute Gasteiger partial charge is 0.355 e. The van der Waals surface area contributed by atoms with Gasteiger partial charge >= 0.3 is 0 Å². The summed E-state index contributed by atoms with van der Waals surface area (Å²) >= 11 is 15.1. The van der Waals surface area contributed by atoms with Crippen molar-refractivity contribution >= 4 is 50.5 Å². The molecule has 0 aliphatic heterocycles. The van der Waals surface area contributed by atoms with Crippen molar-refractivity contribution in [2.45, 2.75) is 0 Å². The third-order valence-electron chi connectivity index (χ3n) is 2.05. The van der Waals surface area contributed by atoms with E-state index in [1.165, 1.54) is 0 Å². The molecule has 2 aromatic rings. The van der Waals surface area contributed by atoms with Crippen molar-refractivity contribution in [2.75, 3.05) is 5.32 Å². The zero-order chi connectivity index (χ0) is 11.5. The fraction of sp³-hybridized carbons (Fsp3) is 0. The van der Waals surface area contributed by atoms with Crippen LogP contribution in [0.2, 0.25) is 10.0 Å². The van der Waals surface area contributed by atoms with Crippen LogP contribution in [0.3, 0.4) is 0 Å². The standard InChI is InChI=1S/C12H8BrCl2N/c13-11-7-9(15)3-6-12(11)16-10-4-1-8(14)2-5-10/h1-7,16H. The Morgan fingerprint density at radius 1 is 0.875 bits per heavy atom. The minimum Gasteiger partial charge on any atom is -0.355 e. The van der Waals surface area contributed by atoms with Gasteiger partial charge in [0.15, 0.2) is 0 Å². The summed E-state index contributed by atoms with van der Waals surface area (Å²) < 4.78 is 0.926. The van der Waals surface area contributed by atoms with Gasteiger partial charge in [-0.1, -0.05) is 23.2 Å². The van der Waals surface area contributed by atoms with Gasteiger partial charge in [0.25, 0.3) is 0 Å². The summed E-state index contributed by atoms with van der Waals surface area (Å²) in [6.07, 6.45) is 0. The molecule has 0 bridgehead atoms. The molecule has 4 heteroatoms. The maximum Gasteiger partial charge on any atom is 0.0529 e. The minimum absolute atomic E-state index is 0.702. The van der Waals surface area contributed by atoms with Crippen LogP contribution in [0.15, 0.2) is 46.9 Å². The number of anilines is 2. The summed E-state index contributed by atoms with van der Waals surface area (Å²) in [5.41, 5.74) is 1.94. The number of benzene rings is 2. The van der Waals surface area contributed by atoms with Crippen molar-refractivity contribution in [1.29, 1.82) is 0 Å². The van der Waals surface area contributed by atoms with Crippen LogP contribution in [0.4, 0.5) is 11.4 Å². The molecule has 0 fully saturated rings. The number of hydrogen-bond acceptors (Lipinski definition) is 1. The lowest BCUT2D eigenvalue weighted by molar-refractivity contribution is 1.52. The van der Waals surface area contributed by atoms with Gasteiger partial charge in [-0.2, -0.15) is 0 Å². The summed E-state index contributed by atoms with van der Waals surface area (Å²) in [6, 6.07) is 13.1. The van der Waals surface area contributed by atoms with Crippen molar-refractivity contribution in [1.82, 2.24) is 0 Å². The number of rotatable bonds is 2. The average Bonchev–Trinajstić information content (AvgIpc) is 2.25. The molecule has 0 aromatic heterocycles. The van der Waals surface area contributed by atoms with E-state index >= 15 is 0 Å². The van der Waals surface area contributed by atoms with Crippen molar-refractivity contribution in [2.24, 2.45) is 0 Å². The third-order valence-corrected chi connectivity index (χ3v) is 3.20. The highest BCUT2D eigenvalue weighted by Crippen LogP contribution is 2.28. The van der Waals surface area contributed by atoms with Crippen LogP contribution in [-0.2, 0) is 0 Å². The maximum atomic E-state index is 5.87. The monoisotopic (exact) mass is 315 g/mol. The summed E-state index contributed by atoms with van der Waals surface area (Å²) in [5, 5.41) is 4.69. The highest BCUT2D eigenvalue weighted by molar-refractivity contribution is 9.10. The molecule has 0 saturated carbocycles. The normalized spacial score (nSPS) is 10.2. The van der Waals surface area contributed by atoms with Crippen molar-refractivity contribution in [3.05, 3.63) is 57.0 Å². The van der Waals surface area contributed by atoms with E-state index in [1.807, 2.05) is 42.5 Å². The third kappa shape index (κ3) is 2.91. The Bertz CT molecular complexity index is 497. The first-order valence-corrected chi connectivity index (χ1v) is 6.18. The van der Waals surface area contributed by atoms with E-state index in [0.717, 1.165) is 20.9 Å². The average molecular weight is 317 g/mol. The second-order valence-electron chi connectivity index (χ2n) is 3.26. The fourth-order valence-corrected chi connectivity index (χ4v) is 2.19. The van der Waals surface area contributed by atoms with Gasteiger partial charge in [0.05, 0.1) is 5.69 Å². The number of nitrogens with one attached hydrogen (secondary N) is 1. The Morgan fingerprint density at radius 3 is 2.12 bits per heavy atom. The van der Waals surface area contributed by atoms with Crippen LogP contribution in [0.25, 0.3) is 0 Å². The highest BCUT2D eigenvalue weighted by Gasteiger charge is 2.00. The van der Waals surface area contributed by atoms with E-state index in [4.69, 9.17) is 23.2 Å². The summed E-state index contributed by atoms with van der Waals surface area (Å²) in [4.78, 5) is 0. The molecular formula is C12H8BrCl2N. The Morgan fingerprint density at radius 2 is 1.50 bits per heavy atom. The van der Waals surface area contributed by atoms with E-state index in [1.54, 1.807) is 0 Å². The van der Waals surface area contributed by atoms with Crippen LogP contribution >= 0.6 is 39.1 Å². The van der Waals surface area contributed by atoms with E-state index in [-0.39, 0.29) is 0 Å². The summed E-state index contributed by atoms with van der Waals surface area (Å²) in [7, 11) is 0. The maximum absolute atomic E-state index is 5.87. The Labute approximate surface area is 113 Å². The molecule has 0 aliphatic rings. The fourth-order valence-electron chi connectivity index (χ4n) is 1.28. The van der Waals surface area contributed by atoms with Crippen molar-refractivity contribution < 1.29 is 0 Å². The molecule has 0 atom stereocenters. The van der Waals surface area contributed by atoms with Crippen LogP contribution in [0.5, 0.6) is 0 Å². The highest BCUT2D eigenvalue weighted by atomic mass is 79.9. The first-order valence-electron chi connectivity index (χ1n) is 4.63. The quantitative estimate of drug-likeness (QED) is 0.771. The molecule has 0 spiro atoms. The van der Waals surface area contributed by atoms with Crippen LogP contribution in [0, 0.1) is 0 Å². The predicted octanol–water partition coefficient (Wildman–Crippen LogP) is 5.50. The topological polar surface area (TPSA) is 12.0 Å². The molecular weight excluding hydrogens is 309 g/mol. The molecule has 1 nitrogen and oxygen atoms in total. The summed E-state index contributed by atoms with van der Waals surface area (Å²) in [5.74, 6) is 0. The lowest BCUT2D eigenvalue weighted by Gasteiger charge is -2.08. The van der Waals surface area contributed by atoms with Gasteiger partial charge in [-0.15, -0.1) is 0 Å². The first kappa shape index (κ1) is 11.8. The molecule has 0 radical (unpaired) electrons. The molecule has 0 aliphatic carbocycles. The molecule has 82 valence electrons. The lowest BCUT2D eigenvalue weighted by Crippen LogP contribution is -1.90. The van der Waals surface area contributed by atoms with Gasteiger partial charge in [-0.3, -0.25) is 0 Å². The second kappa shape index (κ2) is 5.09. The molecule has 1 N–H and O–H groups in total. The SMILES string of the molecule is Clc1ccc(Nc2ccc(Cl)cc2Br)cc1. The van der Waals surface area contributed by atoms with Crippen LogP contribution in [-0.4, -0.2) is 0 Å². The minimum atomic E-state index is 0.702. The van der Waals surface area contributed by atoms with Gasteiger partial charge in [-0.25, -0.2) is 0 Å². The Kier molecular flexibility index (Phi) is 3.74. The Hall–Kier alpha value is -0.700. The zero-order valence-corrected chi connectivity index (χ0v) is 11.3. The van der Waals surface area contributed by atoms with E-state index < -0.39 is 0 Å². The second-order valence-corrected chi connectivity index (χ2v) is 4.98. The van der Waals surface area contributed by atoms with E-state index in [2.05, 4.69) is 21.2 Å². The van der Waals surface area contributed by atoms with E-state index in [9.17, 15) is 0 Å². The van der Waals surface area contributed by atoms with Crippen molar-refractivity contribution in [3.63, 3.8) is 0 Å². The van der Waals surface area contributed by atoms with Crippen LogP contribution < -0.4 is 5.32 Å². The van der Waals surface area contributed by atoms with Crippen molar-refractivity contribution in [3.8, 4) is 0 Å². The molecule has 0 saturated heterocycles. The smallest absolute Gasteiger partial charge is 0.0529 e. The lowest BCUT2D eigenvalue weighted by atomic mass is 10.2. The molecule has 2 aromatic carbocycles. The first-order chi connectivity index (χ1) is 7.65. The van der Waals surface area contributed by atoms with Gasteiger partial charge in [0.2, 0.25) is 0 Å². The zero-order valence-electron chi connectivity index (χ0n) is 8.18.